The van der Waals surface area contributed by atoms with Crippen molar-refractivity contribution < 1.29 is 14.3 Å². The molecule has 0 radical (unpaired) electrons. The van der Waals surface area contributed by atoms with Gasteiger partial charge in [0.2, 0.25) is 5.91 Å². The number of nitrogens with zero attached hydrogens (tertiary/aromatic N) is 2. The number of fused-ring (bicyclic) bond motifs is 1. The molecule has 0 fully saturated rings. The van der Waals surface area contributed by atoms with Crippen molar-refractivity contribution in [3.05, 3.63) is 65.5 Å². The molecular weight excluding hydrogens is 380 g/mol. The van der Waals surface area contributed by atoms with Crippen LogP contribution in [0.2, 0.25) is 0 Å². The lowest BCUT2D eigenvalue weighted by atomic mass is 9.94. The Morgan fingerprint density at radius 2 is 2.00 bits per heavy atom. The van der Waals surface area contributed by atoms with Gasteiger partial charge < -0.3 is 15.0 Å². The summed E-state index contributed by atoms with van der Waals surface area (Å²) in [5.41, 5.74) is 4.79. The van der Waals surface area contributed by atoms with Crippen LogP contribution in [0.1, 0.15) is 21.5 Å². The second-order valence-electron chi connectivity index (χ2n) is 7.76. The molecule has 7 nitrogen and oxygen atoms in total. The molecule has 2 N–H and O–H groups in total. The number of nitrogens with one attached hydrogen (secondary N) is 2. The first-order chi connectivity index (χ1) is 14.4. The number of carbonyl (C=O) groups is 2. The molecule has 0 saturated heterocycles. The number of rotatable bonds is 4. The third-order valence-electron chi connectivity index (χ3n) is 5.24. The zero-order valence-corrected chi connectivity index (χ0v) is 17.2. The molecule has 2 heterocycles. The van der Waals surface area contributed by atoms with Gasteiger partial charge in [0.1, 0.15) is 12.4 Å². The van der Waals surface area contributed by atoms with E-state index in [1.165, 1.54) is 4.90 Å². The fraction of sp³-hybridized carbons (Fsp3) is 0.261. The van der Waals surface area contributed by atoms with E-state index in [0.717, 1.165) is 28.0 Å². The summed E-state index contributed by atoms with van der Waals surface area (Å²) in [4.78, 5) is 27.3. The van der Waals surface area contributed by atoms with E-state index in [0.29, 0.717) is 24.3 Å². The Bertz CT molecular complexity index is 1090. The molecule has 0 spiro atoms. The van der Waals surface area contributed by atoms with E-state index in [1.807, 2.05) is 25.1 Å². The molecule has 154 valence electrons. The molecule has 0 aliphatic carbocycles. The molecule has 0 bridgehead atoms. The van der Waals surface area contributed by atoms with Gasteiger partial charge in [0.05, 0.1) is 23.4 Å². The first-order valence-electron chi connectivity index (χ1n) is 9.80. The number of ether oxygens (including phenoxy) is 1. The highest BCUT2D eigenvalue weighted by Gasteiger charge is 2.27. The van der Waals surface area contributed by atoms with Crippen LogP contribution < -0.4 is 10.1 Å². The lowest BCUT2D eigenvalue weighted by molar-refractivity contribution is -0.121. The van der Waals surface area contributed by atoms with Gasteiger partial charge in [0, 0.05) is 25.9 Å². The Morgan fingerprint density at radius 1 is 1.17 bits per heavy atom. The summed E-state index contributed by atoms with van der Waals surface area (Å²) in [6.45, 7) is 2.33. The molecule has 30 heavy (non-hydrogen) atoms. The monoisotopic (exact) mass is 404 g/mol. The van der Waals surface area contributed by atoms with Crippen LogP contribution in [-0.2, 0) is 11.2 Å². The maximum absolute atomic E-state index is 13.0. The Kier molecular flexibility index (Phi) is 5.27. The lowest BCUT2D eigenvalue weighted by Gasteiger charge is -2.25. The highest BCUT2D eigenvalue weighted by atomic mass is 16.5. The number of anilines is 1. The number of benzene rings is 2. The van der Waals surface area contributed by atoms with Crippen molar-refractivity contribution in [2.45, 2.75) is 13.3 Å². The number of aromatic amines is 1. The molecule has 2 amide bonds. The normalized spacial score (nSPS) is 15.1. The average molecular weight is 404 g/mol. The van der Waals surface area contributed by atoms with Crippen LogP contribution in [0.4, 0.5) is 5.69 Å². The van der Waals surface area contributed by atoms with Crippen LogP contribution >= 0.6 is 0 Å². The molecule has 0 saturated carbocycles. The Hall–Kier alpha value is -3.61. The topological polar surface area (TPSA) is 87.3 Å². The summed E-state index contributed by atoms with van der Waals surface area (Å²) >= 11 is 0. The lowest BCUT2D eigenvalue weighted by Crippen LogP contribution is -2.33. The number of H-pyrrole nitrogens is 1. The molecule has 1 aromatic heterocycles. The highest BCUT2D eigenvalue weighted by molar-refractivity contribution is 6.05. The predicted molar refractivity (Wildman–Crippen MR) is 115 cm³/mol. The maximum atomic E-state index is 13.0. The van der Waals surface area contributed by atoms with Gasteiger partial charge in [-0.25, -0.2) is 0 Å². The molecule has 1 aliphatic heterocycles. The highest BCUT2D eigenvalue weighted by Crippen LogP contribution is 2.30. The van der Waals surface area contributed by atoms with Crippen molar-refractivity contribution in [3.8, 4) is 16.9 Å². The zero-order valence-electron chi connectivity index (χ0n) is 17.2. The standard InChI is InChI=1S/C23H24N4O3/c1-14-4-7-21-16(8-14)9-17(13-30-21)22(28)26-20-6-5-15(18-11-24-25-12-18)10-19(20)23(29)27(2)3/h4-8,10-12,17H,9,13H2,1-3H3,(H,24,25)(H,26,28). The molecule has 1 aliphatic rings. The number of amides is 2. The summed E-state index contributed by atoms with van der Waals surface area (Å²) in [6.07, 6.45) is 4.06. The average Bonchev–Trinajstić information content (AvgIpc) is 3.27. The fourth-order valence-corrected chi connectivity index (χ4v) is 3.59. The minimum Gasteiger partial charge on any atom is -0.492 e. The summed E-state index contributed by atoms with van der Waals surface area (Å²) in [5, 5.41) is 9.68. The van der Waals surface area contributed by atoms with Gasteiger partial charge in [-0.05, 0) is 42.7 Å². The third kappa shape index (κ3) is 3.91. The summed E-state index contributed by atoms with van der Waals surface area (Å²) < 4.78 is 5.79. The minimum absolute atomic E-state index is 0.161. The van der Waals surface area contributed by atoms with Crippen LogP contribution in [0.25, 0.3) is 11.1 Å². The number of aromatic nitrogens is 2. The summed E-state index contributed by atoms with van der Waals surface area (Å²) in [6, 6.07) is 11.4. The third-order valence-corrected chi connectivity index (χ3v) is 5.24. The van der Waals surface area contributed by atoms with Crippen LogP contribution in [0.5, 0.6) is 5.75 Å². The van der Waals surface area contributed by atoms with E-state index >= 15 is 0 Å². The molecule has 4 rings (SSSR count). The molecule has 1 unspecified atom stereocenters. The van der Waals surface area contributed by atoms with Gasteiger partial charge >= 0.3 is 0 Å². The van der Waals surface area contributed by atoms with Crippen molar-refractivity contribution in [2.24, 2.45) is 5.92 Å². The second kappa shape index (κ2) is 8.02. The molecular formula is C23H24N4O3. The van der Waals surface area contributed by atoms with E-state index in [2.05, 4.69) is 21.6 Å². The smallest absolute Gasteiger partial charge is 0.255 e. The van der Waals surface area contributed by atoms with E-state index in [1.54, 1.807) is 38.6 Å². The van der Waals surface area contributed by atoms with Crippen molar-refractivity contribution in [1.29, 1.82) is 0 Å². The van der Waals surface area contributed by atoms with Gasteiger partial charge in [-0.15, -0.1) is 0 Å². The largest absolute Gasteiger partial charge is 0.492 e. The number of hydrogen-bond acceptors (Lipinski definition) is 4. The van der Waals surface area contributed by atoms with Gasteiger partial charge in [-0.2, -0.15) is 5.10 Å². The van der Waals surface area contributed by atoms with E-state index in [9.17, 15) is 9.59 Å². The SMILES string of the molecule is Cc1ccc2c(c1)CC(C(=O)Nc1ccc(-c3cn[nH]c3)cc1C(=O)N(C)C)CO2. The molecule has 3 aromatic rings. The van der Waals surface area contributed by atoms with Crippen molar-refractivity contribution >= 4 is 17.5 Å². The first-order valence-corrected chi connectivity index (χ1v) is 9.80. The molecule has 2 aromatic carbocycles. The Morgan fingerprint density at radius 3 is 2.73 bits per heavy atom. The van der Waals surface area contributed by atoms with Crippen molar-refractivity contribution in [1.82, 2.24) is 15.1 Å². The summed E-state index contributed by atoms with van der Waals surface area (Å²) in [5.74, 6) is 0.162. The van der Waals surface area contributed by atoms with Crippen LogP contribution in [0.3, 0.4) is 0 Å². The number of aryl methyl sites for hydroxylation is 1. The molecule has 7 heteroatoms. The van der Waals surface area contributed by atoms with Crippen LogP contribution in [-0.4, -0.2) is 47.6 Å². The first kappa shape index (κ1) is 19.7. The Balaban J connectivity index is 1.59. The predicted octanol–water partition coefficient (Wildman–Crippen LogP) is 3.28. The van der Waals surface area contributed by atoms with E-state index in [-0.39, 0.29) is 17.7 Å². The number of carbonyl (C=O) groups excluding carboxylic acids is 2. The van der Waals surface area contributed by atoms with Crippen LogP contribution in [0, 0.1) is 12.8 Å². The van der Waals surface area contributed by atoms with Crippen molar-refractivity contribution in [3.63, 3.8) is 0 Å². The fourth-order valence-electron chi connectivity index (χ4n) is 3.59. The number of hydrogen-bond donors (Lipinski definition) is 2. The molecule has 1 atom stereocenters. The minimum atomic E-state index is -0.324. The van der Waals surface area contributed by atoms with Crippen LogP contribution in [0.15, 0.2) is 48.8 Å². The Labute approximate surface area is 175 Å². The van der Waals surface area contributed by atoms with Crippen molar-refractivity contribution in [2.75, 3.05) is 26.0 Å². The maximum Gasteiger partial charge on any atom is 0.255 e. The van der Waals surface area contributed by atoms with E-state index in [4.69, 9.17) is 4.74 Å². The van der Waals surface area contributed by atoms with Gasteiger partial charge in [-0.3, -0.25) is 14.7 Å². The van der Waals surface area contributed by atoms with Gasteiger partial charge in [-0.1, -0.05) is 23.8 Å². The second-order valence-corrected chi connectivity index (χ2v) is 7.76. The summed E-state index contributed by atoms with van der Waals surface area (Å²) in [7, 11) is 3.37. The van der Waals surface area contributed by atoms with Gasteiger partial charge in [0.25, 0.3) is 5.91 Å². The van der Waals surface area contributed by atoms with Gasteiger partial charge in [0.15, 0.2) is 0 Å². The zero-order chi connectivity index (χ0) is 21.3. The van der Waals surface area contributed by atoms with E-state index < -0.39 is 0 Å². The quantitative estimate of drug-likeness (QED) is 0.699.